The number of amides is 1. The van der Waals surface area contributed by atoms with Gasteiger partial charge in [-0.2, -0.15) is 0 Å². The molecule has 1 aliphatic heterocycles. The van der Waals surface area contributed by atoms with Gasteiger partial charge in [-0.1, -0.05) is 39.7 Å². The summed E-state index contributed by atoms with van der Waals surface area (Å²) in [5.74, 6) is 0.0681. The van der Waals surface area contributed by atoms with Crippen molar-refractivity contribution in [2.45, 2.75) is 6.42 Å². The van der Waals surface area contributed by atoms with Gasteiger partial charge in [0.15, 0.2) is 0 Å². The minimum absolute atomic E-state index is 0.0681. The standard InChI is InChI=1S/C20H16BrClN2O/c21-15-3-1-2-14(10-15)20(25)24-8-6-13(7-9-24)18-12-23-19-5-4-16(22)11-17(18)19/h1-6,10-12,23H,7-9H2. The Hall–Kier alpha value is -2.04. The monoisotopic (exact) mass is 414 g/mol. The van der Waals surface area contributed by atoms with Crippen molar-refractivity contribution in [3.8, 4) is 0 Å². The average molecular weight is 416 g/mol. The summed E-state index contributed by atoms with van der Waals surface area (Å²) < 4.78 is 0.919. The maximum Gasteiger partial charge on any atom is 0.254 e. The average Bonchev–Trinajstić information content (AvgIpc) is 3.04. The molecule has 2 heterocycles. The van der Waals surface area contributed by atoms with Crippen molar-refractivity contribution in [2.75, 3.05) is 13.1 Å². The van der Waals surface area contributed by atoms with Crippen molar-refractivity contribution in [3.05, 3.63) is 75.4 Å². The highest BCUT2D eigenvalue weighted by molar-refractivity contribution is 9.10. The molecule has 1 aliphatic rings. The molecule has 0 aliphatic carbocycles. The number of rotatable bonds is 2. The number of nitrogens with zero attached hydrogens (tertiary/aromatic N) is 1. The van der Waals surface area contributed by atoms with Crippen LogP contribution in [0.4, 0.5) is 0 Å². The summed E-state index contributed by atoms with van der Waals surface area (Å²) in [7, 11) is 0. The number of carbonyl (C=O) groups excluding carboxylic acids is 1. The maximum atomic E-state index is 12.7. The lowest BCUT2D eigenvalue weighted by molar-refractivity contribution is 0.0773. The summed E-state index contributed by atoms with van der Waals surface area (Å²) >= 11 is 9.56. The number of hydrogen-bond donors (Lipinski definition) is 1. The number of halogens is 2. The van der Waals surface area contributed by atoms with Gasteiger partial charge < -0.3 is 9.88 Å². The molecule has 0 saturated heterocycles. The molecule has 3 nitrogen and oxygen atoms in total. The quantitative estimate of drug-likeness (QED) is 0.588. The van der Waals surface area contributed by atoms with Crippen LogP contribution >= 0.6 is 27.5 Å². The summed E-state index contributed by atoms with van der Waals surface area (Å²) in [4.78, 5) is 17.8. The second-order valence-corrected chi connectivity index (χ2v) is 7.49. The first-order chi connectivity index (χ1) is 12.1. The highest BCUT2D eigenvalue weighted by atomic mass is 79.9. The number of aromatic amines is 1. The van der Waals surface area contributed by atoms with E-state index in [0.29, 0.717) is 18.7 Å². The molecule has 2 aromatic carbocycles. The third kappa shape index (κ3) is 3.24. The fourth-order valence-electron chi connectivity index (χ4n) is 3.26. The zero-order valence-electron chi connectivity index (χ0n) is 13.4. The number of aromatic nitrogens is 1. The lowest BCUT2D eigenvalue weighted by Gasteiger charge is -2.26. The van der Waals surface area contributed by atoms with Crippen LogP contribution in [0.3, 0.4) is 0 Å². The molecule has 25 heavy (non-hydrogen) atoms. The lowest BCUT2D eigenvalue weighted by atomic mass is 9.98. The molecule has 1 N–H and O–H groups in total. The van der Waals surface area contributed by atoms with Crippen LogP contribution in [0.2, 0.25) is 5.02 Å². The minimum atomic E-state index is 0.0681. The van der Waals surface area contributed by atoms with E-state index in [1.165, 1.54) is 11.1 Å². The van der Waals surface area contributed by atoms with Gasteiger partial charge in [0.05, 0.1) is 0 Å². The van der Waals surface area contributed by atoms with Gasteiger partial charge in [0.25, 0.3) is 5.91 Å². The van der Waals surface area contributed by atoms with Crippen molar-refractivity contribution in [2.24, 2.45) is 0 Å². The zero-order chi connectivity index (χ0) is 17.4. The van der Waals surface area contributed by atoms with E-state index >= 15 is 0 Å². The van der Waals surface area contributed by atoms with Crippen molar-refractivity contribution in [1.82, 2.24) is 9.88 Å². The van der Waals surface area contributed by atoms with E-state index in [4.69, 9.17) is 11.6 Å². The molecule has 0 fully saturated rings. The van der Waals surface area contributed by atoms with E-state index < -0.39 is 0 Å². The third-order valence-corrected chi connectivity index (χ3v) is 5.29. The molecule has 1 amide bonds. The van der Waals surface area contributed by atoms with Gasteiger partial charge in [0.2, 0.25) is 0 Å². The Morgan fingerprint density at radius 2 is 2.08 bits per heavy atom. The molecule has 5 heteroatoms. The molecule has 3 aromatic rings. The summed E-state index contributed by atoms with van der Waals surface area (Å²) in [5.41, 5.74) is 4.22. The molecule has 0 spiro atoms. The SMILES string of the molecule is O=C(c1cccc(Br)c1)N1CC=C(c2c[nH]c3ccc(Cl)cc23)CC1. The van der Waals surface area contributed by atoms with Crippen molar-refractivity contribution in [1.29, 1.82) is 0 Å². The van der Waals surface area contributed by atoms with Crippen LogP contribution in [0.15, 0.2) is 59.2 Å². The number of H-pyrrole nitrogens is 1. The van der Waals surface area contributed by atoms with Gasteiger partial charge in [-0.05, 0) is 48.4 Å². The Morgan fingerprint density at radius 3 is 2.84 bits per heavy atom. The highest BCUT2D eigenvalue weighted by Crippen LogP contribution is 2.31. The molecule has 0 unspecified atom stereocenters. The fraction of sp³-hybridized carbons (Fsp3) is 0.150. The van der Waals surface area contributed by atoms with Crippen molar-refractivity contribution in [3.63, 3.8) is 0 Å². The summed E-state index contributed by atoms with van der Waals surface area (Å²) in [6.45, 7) is 1.33. The number of nitrogens with one attached hydrogen (secondary N) is 1. The summed E-state index contributed by atoms with van der Waals surface area (Å²) in [5, 5.41) is 1.86. The molecule has 0 radical (unpaired) electrons. The van der Waals surface area contributed by atoms with Gasteiger partial charge in [0.1, 0.15) is 0 Å². The van der Waals surface area contributed by atoms with E-state index in [2.05, 4.69) is 27.0 Å². The molecule has 126 valence electrons. The first-order valence-corrected chi connectivity index (χ1v) is 9.30. The van der Waals surface area contributed by atoms with Crippen molar-refractivity contribution < 1.29 is 4.79 Å². The Labute approximate surface area is 159 Å². The highest BCUT2D eigenvalue weighted by Gasteiger charge is 2.20. The second-order valence-electron chi connectivity index (χ2n) is 6.13. The normalized spacial score (nSPS) is 14.6. The van der Waals surface area contributed by atoms with E-state index in [0.717, 1.165) is 26.8 Å². The van der Waals surface area contributed by atoms with E-state index in [1.54, 1.807) is 0 Å². The number of fused-ring (bicyclic) bond motifs is 1. The number of hydrogen-bond acceptors (Lipinski definition) is 1. The van der Waals surface area contributed by atoms with Crippen LogP contribution in [-0.2, 0) is 0 Å². The molecule has 1 aromatic heterocycles. The molecular formula is C20H16BrClN2O. The topological polar surface area (TPSA) is 36.1 Å². The Balaban J connectivity index is 1.57. The zero-order valence-corrected chi connectivity index (χ0v) is 15.8. The molecular weight excluding hydrogens is 400 g/mol. The van der Waals surface area contributed by atoms with E-state index in [9.17, 15) is 4.79 Å². The van der Waals surface area contributed by atoms with Crippen LogP contribution in [-0.4, -0.2) is 28.9 Å². The Bertz CT molecular complexity index is 992. The fourth-order valence-corrected chi connectivity index (χ4v) is 3.83. The first-order valence-electron chi connectivity index (χ1n) is 8.13. The molecule has 0 atom stereocenters. The van der Waals surface area contributed by atoms with Gasteiger partial charge >= 0.3 is 0 Å². The third-order valence-electron chi connectivity index (χ3n) is 4.56. The first kappa shape index (κ1) is 16.4. The second kappa shape index (κ2) is 6.70. The maximum absolute atomic E-state index is 12.7. The van der Waals surface area contributed by atoms with Gasteiger partial charge in [-0.3, -0.25) is 4.79 Å². The van der Waals surface area contributed by atoms with E-state index in [1.807, 2.05) is 53.6 Å². The number of benzene rings is 2. The Kier molecular flexibility index (Phi) is 4.40. The van der Waals surface area contributed by atoms with E-state index in [-0.39, 0.29) is 5.91 Å². The number of carbonyl (C=O) groups is 1. The summed E-state index contributed by atoms with van der Waals surface area (Å²) in [6.07, 6.45) is 5.00. The predicted molar refractivity (Wildman–Crippen MR) is 106 cm³/mol. The van der Waals surface area contributed by atoms with Crippen LogP contribution < -0.4 is 0 Å². The van der Waals surface area contributed by atoms with Crippen LogP contribution in [0, 0.1) is 0 Å². The van der Waals surface area contributed by atoms with Crippen LogP contribution in [0.25, 0.3) is 16.5 Å². The largest absolute Gasteiger partial charge is 0.361 e. The smallest absolute Gasteiger partial charge is 0.254 e. The molecule has 0 saturated carbocycles. The van der Waals surface area contributed by atoms with Crippen LogP contribution in [0.1, 0.15) is 22.3 Å². The van der Waals surface area contributed by atoms with Gasteiger partial charge in [-0.15, -0.1) is 0 Å². The lowest BCUT2D eigenvalue weighted by Crippen LogP contribution is -2.34. The molecule has 0 bridgehead atoms. The van der Waals surface area contributed by atoms with Gasteiger partial charge in [-0.25, -0.2) is 0 Å². The van der Waals surface area contributed by atoms with Crippen molar-refractivity contribution >= 4 is 49.9 Å². The Morgan fingerprint density at radius 1 is 1.20 bits per heavy atom. The minimum Gasteiger partial charge on any atom is -0.361 e. The van der Waals surface area contributed by atoms with Crippen LogP contribution in [0.5, 0.6) is 0 Å². The summed E-state index contributed by atoms with van der Waals surface area (Å²) in [6, 6.07) is 13.4. The van der Waals surface area contributed by atoms with Gasteiger partial charge in [0, 0.05) is 50.8 Å². The molecule has 4 rings (SSSR count). The predicted octanol–water partition coefficient (Wildman–Crippen LogP) is 5.51.